The van der Waals surface area contributed by atoms with Gasteiger partial charge in [-0.2, -0.15) is 18.3 Å². The largest absolute Gasteiger partial charge is 0.436 e. The summed E-state index contributed by atoms with van der Waals surface area (Å²) in [6.07, 6.45) is -2.76. The third-order valence-electron chi connectivity index (χ3n) is 1.40. The fourth-order valence-corrected chi connectivity index (χ4v) is 1.35. The summed E-state index contributed by atoms with van der Waals surface area (Å²) < 4.78 is 40.0. The Morgan fingerprint density at radius 1 is 1.62 bits per heavy atom. The summed E-state index contributed by atoms with van der Waals surface area (Å²) in [6, 6.07) is 0. The van der Waals surface area contributed by atoms with Crippen molar-refractivity contribution in [1.29, 1.82) is 0 Å². The Labute approximate surface area is 92.5 Å². The lowest BCUT2D eigenvalue weighted by molar-refractivity contribution is -0.141. The minimum atomic E-state index is -4.69. The predicted molar refractivity (Wildman–Crippen MR) is 51.2 cm³/mol. The number of alkyl halides is 3. The molecule has 0 aromatic carbocycles. The number of rotatable bonds is 3. The first kappa shape index (κ1) is 12.6. The molecule has 0 fully saturated rings. The van der Waals surface area contributed by atoms with Crippen LogP contribution in [0, 0.1) is 0 Å². The maximum atomic E-state index is 12.3. The first-order valence-corrected chi connectivity index (χ1v) is 4.95. The minimum absolute atomic E-state index is 0.376. The summed E-state index contributed by atoms with van der Waals surface area (Å²) in [5, 5.41) is 6.30. The van der Waals surface area contributed by atoms with E-state index in [2.05, 4.69) is 14.7 Å². The van der Waals surface area contributed by atoms with Gasteiger partial charge >= 0.3 is 6.18 Å². The first-order valence-electron chi connectivity index (χ1n) is 4.18. The second-order valence-electron chi connectivity index (χ2n) is 2.61. The zero-order valence-corrected chi connectivity index (χ0v) is 8.89. The fraction of sp³-hybridized carbons (Fsp3) is 0.429. The van der Waals surface area contributed by atoms with E-state index in [1.807, 2.05) is 5.43 Å². The molecule has 16 heavy (non-hydrogen) atoms. The van der Waals surface area contributed by atoms with Crippen LogP contribution in [0.1, 0.15) is 28.7 Å². The molecule has 1 N–H and O–H groups in total. The summed E-state index contributed by atoms with van der Waals surface area (Å²) in [4.78, 5) is 10.7. The van der Waals surface area contributed by atoms with Crippen molar-refractivity contribution >= 4 is 23.7 Å². The average Bonchev–Trinajstić information content (AvgIpc) is 2.65. The number of hydrazone groups is 1. The highest BCUT2D eigenvalue weighted by molar-refractivity contribution is 7.08. The molecule has 0 saturated carbocycles. The molecule has 1 aromatic rings. The minimum Gasteiger partial charge on any atom is -0.266 e. The van der Waals surface area contributed by atoms with Gasteiger partial charge in [-0.3, -0.25) is 4.79 Å². The van der Waals surface area contributed by atoms with Gasteiger partial charge in [-0.25, -0.2) is 5.43 Å². The topological polar surface area (TPSA) is 67.2 Å². The van der Waals surface area contributed by atoms with E-state index in [9.17, 15) is 18.0 Å². The number of nitrogens with one attached hydrogen (secondary N) is 1. The SMILES string of the molecule is CC/C=N/NC(=O)c1snnc1C(F)(F)F. The number of aromatic nitrogens is 2. The second-order valence-corrected chi connectivity index (χ2v) is 3.36. The Morgan fingerprint density at radius 3 is 2.88 bits per heavy atom. The fourth-order valence-electron chi connectivity index (χ4n) is 0.771. The van der Waals surface area contributed by atoms with Gasteiger partial charge in [0, 0.05) is 6.21 Å². The molecule has 1 amide bonds. The van der Waals surface area contributed by atoms with Gasteiger partial charge in [-0.1, -0.05) is 11.4 Å². The summed E-state index contributed by atoms with van der Waals surface area (Å²) in [6.45, 7) is 1.77. The van der Waals surface area contributed by atoms with Crippen LogP contribution >= 0.6 is 11.5 Å². The summed E-state index contributed by atoms with van der Waals surface area (Å²) >= 11 is 0.376. The quantitative estimate of drug-likeness (QED) is 0.657. The van der Waals surface area contributed by atoms with Crippen LogP contribution in [0.4, 0.5) is 13.2 Å². The van der Waals surface area contributed by atoms with Crippen LogP contribution in [-0.4, -0.2) is 21.7 Å². The van der Waals surface area contributed by atoms with Crippen LogP contribution in [0.5, 0.6) is 0 Å². The van der Waals surface area contributed by atoms with Crippen LogP contribution in [0.2, 0.25) is 0 Å². The van der Waals surface area contributed by atoms with Gasteiger partial charge in [0.25, 0.3) is 5.91 Å². The lowest BCUT2D eigenvalue weighted by Gasteiger charge is -2.03. The predicted octanol–water partition coefficient (Wildman–Crippen LogP) is 1.68. The van der Waals surface area contributed by atoms with Crippen molar-refractivity contribution in [2.24, 2.45) is 5.10 Å². The van der Waals surface area contributed by atoms with Gasteiger partial charge < -0.3 is 0 Å². The molecule has 0 atom stereocenters. The molecule has 0 saturated heterocycles. The number of nitrogens with zero attached hydrogens (tertiary/aromatic N) is 3. The number of carbonyl (C=O) groups excluding carboxylic acids is 1. The van der Waals surface area contributed by atoms with Crippen molar-refractivity contribution in [2.45, 2.75) is 19.5 Å². The smallest absolute Gasteiger partial charge is 0.266 e. The number of amides is 1. The molecule has 1 aromatic heterocycles. The molecular weight excluding hydrogens is 245 g/mol. The lowest BCUT2D eigenvalue weighted by Crippen LogP contribution is -2.20. The number of halogens is 3. The molecule has 9 heteroatoms. The summed E-state index contributed by atoms with van der Waals surface area (Å²) in [5.41, 5.74) is 0.669. The van der Waals surface area contributed by atoms with E-state index >= 15 is 0 Å². The van der Waals surface area contributed by atoms with E-state index in [1.165, 1.54) is 6.21 Å². The Morgan fingerprint density at radius 2 is 2.31 bits per heavy atom. The molecule has 5 nitrogen and oxygen atoms in total. The van der Waals surface area contributed by atoms with Crippen molar-refractivity contribution in [3.8, 4) is 0 Å². The molecule has 0 aliphatic carbocycles. The van der Waals surface area contributed by atoms with E-state index in [0.717, 1.165) is 0 Å². The third-order valence-corrected chi connectivity index (χ3v) is 2.13. The Hall–Kier alpha value is -1.51. The number of hydrogen-bond acceptors (Lipinski definition) is 5. The monoisotopic (exact) mass is 252 g/mol. The maximum Gasteiger partial charge on any atom is 0.436 e. The van der Waals surface area contributed by atoms with Crippen LogP contribution in [0.3, 0.4) is 0 Å². The molecule has 1 rings (SSSR count). The molecular formula is C7H7F3N4OS. The maximum absolute atomic E-state index is 12.3. The molecule has 0 radical (unpaired) electrons. The van der Waals surface area contributed by atoms with Gasteiger partial charge in [-0.15, -0.1) is 5.10 Å². The van der Waals surface area contributed by atoms with Crippen molar-refractivity contribution in [2.75, 3.05) is 0 Å². The lowest BCUT2D eigenvalue weighted by atomic mass is 10.3. The van der Waals surface area contributed by atoms with Gasteiger partial charge in [0.1, 0.15) is 4.88 Å². The zero-order chi connectivity index (χ0) is 12.2. The molecule has 0 spiro atoms. The zero-order valence-electron chi connectivity index (χ0n) is 8.08. The van der Waals surface area contributed by atoms with E-state index in [-0.39, 0.29) is 0 Å². The molecule has 0 bridgehead atoms. The summed E-state index contributed by atoms with van der Waals surface area (Å²) in [7, 11) is 0. The standard InChI is InChI=1S/C7H7F3N4OS/c1-2-3-11-13-6(15)4-5(7(8,9)10)12-14-16-4/h3H,2H2,1H3,(H,13,15)/b11-3+. The van der Waals surface area contributed by atoms with Crippen LogP contribution in [0.25, 0.3) is 0 Å². The molecule has 0 aliphatic heterocycles. The van der Waals surface area contributed by atoms with Crippen molar-refractivity contribution < 1.29 is 18.0 Å². The number of hydrogen-bond donors (Lipinski definition) is 1. The van der Waals surface area contributed by atoms with Crippen molar-refractivity contribution in [1.82, 2.24) is 15.0 Å². The van der Waals surface area contributed by atoms with Gasteiger partial charge in [0.15, 0.2) is 5.69 Å². The highest BCUT2D eigenvalue weighted by atomic mass is 32.1. The van der Waals surface area contributed by atoms with Crippen LogP contribution in [-0.2, 0) is 6.18 Å². The van der Waals surface area contributed by atoms with Crippen molar-refractivity contribution in [3.05, 3.63) is 10.6 Å². The van der Waals surface area contributed by atoms with E-state index in [1.54, 1.807) is 6.92 Å². The van der Waals surface area contributed by atoms with Crippen LogP contribution in [0.15, 0.2) is 5.10 Å². The van der Waals surface area contributed by atoms with Gasteiger partial charge in [0.05, 0.1) is 0 Å². The molecule has 1 heterocycles. The Kier molecular flexibility index (Phi) is 3.93. The normalized spacial score (nSPS) is 12.0. The second kappa shape index (κ2) is 5.01. The Balaban J connectivity index is 2.84. The summed E-state index contributed by atoms with van der Waals surface area (Å²) in [5.74, 6) is -0.966. The highest BCUT2D eigenvalue weighted by Gasteiger charge is 2.39. The van der Waals surface area contributed by atoms with E-state index in [0.29, 0.717) is 18.0 Å². The van der Waals surface area contributed by atoms with Gasteiger partial charge in [0.2, 0.25) is 0 Å². The van der Waals surface area contributed by atoms with E-state index < -0.39 is 22.7 Å². The van der Waals surface area contributed by atoms with Gasteiger partial charge in [-0.05, 0) is 18.0 Å². The highest BCUT2D eigenvalue weighted by Crippen LogP contribution is 2.31. The first-order chi connectivity index (χ1) is 7.46. The Bertz CT molecular complexity index is 401. The van der Waals surface area contributed by atoms with E-state index in [4.69, 9.17) is 0 Å². The van der Waals surface area contributed by atoms with Crippen LogP contribution < -0.4 is 5.43 Å². The number of carbonyl (C=O) groups is 1. The molecule has 88 valence electrons. The molecule has 0 aliphatic rings. The van der Waals surface area contributed by atoms with Crippen molar-refractivity contribution in [3.63, 3.8) is 0 Å². The molecule has 0 unspecified atom stereocenters. The average molecular weight is 252 g/mol. The third kappa shape index (κ3) is 2.99.